The molecule has 0 atom stereocenters. The van der Waals surface area contributed by atoms with Crippen molar-refractivity contribution < 1.29 is 19.5 Å². The van der Waals surface area contributed by atoms with Gasteiger partial charge in [-0.05, 0) is 44.0 Å². The van der Waals surface area contributed by atoms with E-state index in [1.54, 1.807) is 35.7 Å². The monoisotopic (exact) mass is 394 g/mol. The number of aromatic nitrogens is 2. The van der Waals surface area contributed by atoms with Crippen LogP contribution in [0.5, 0.6) is 0 Å². The second-order valence-corrected chi connectivity index (χ2v) is 6.69. The molecule has 1 aromatic carbocycles. The molecule has 3 N–H and O–H groups in total. The van der Waals surface area contributed by atoms with Gasteiger partial charge in [-0.3, -0.25) is 14.0 Å². The van der Waals surface area contributed by atoms with Gasteiger partial charge in [-0.1, -0.05) is 18.2 Å². The van der Waals surface area contributed by atoms with Crippen molar-refractivity contribution in [2.24, 2.45) is 0 Å². The number of rotatable bonds is 7. The molecular formula is C21H22N4O4. The topological polar surface area (TPSA) is 113 Å². The summed E-state index contributed by atoms with van der Waals surface area (Å²) >= 11 is 0. The van der Waals surface area contributed by atoms with Gasteiger partial charge in [0.2, 0.25) is 5.91 Å². The molecule has 150 valence electrons. The average Bonchev–Trinajstić information content (AvgIpc) is 3.03. The van der Waals surface area contributed by atoms with Crippen LogP contribution in [0.4, 0.5) is 5.69 Å². The first kappa shape index (κ1) is 20.1. The number of pyridine rings is 1. The van der Waals surface area contributed by atoms with E-state index in [-0.39, 0.29) is 29.5 Å². The number of imidazole rings is 1. The standard InChI is InChI=1S/C21H22N4O4/c1-13-7-6-12-25-18(14(2)23-19(13)25)20(27)22-11-5-10-17(26)24-16-9-4-3-8-15(16)21(28)29/h3-4,6-9,12H,5,10-11H2,1-2H3,(H,22,27)(H,24,26)(H,28,29). The first-order valence-electron chi connectivity index (χ1n) is 9.23. The smallest absolute Gasteiger partial charge is 0.337 e. The number of aromatic carboxylic acids is 1. The van der Waals surface area contributed by atoms with Crippen LogP contribution in [0.3, 0.4) is 0 Å². The highest BCUT2D eigenvalue weighted by molar-refractivity contribution is 6.00. The van der Waals surface area contributed by atoms with Crippen molar-refractivity contribution in [3.05, 3.63) is 65.1 Å². The Balaban J connectivity index is 1.54. The highest BCUT2D eigenvalue weighted by Gasteiger charge is 2.17. The van der Waals surface area contributed by atoms with Crippen molar-refractivity contribution >= 4 is 29.1 Å². The molecular weight excluding hydrogens is 372 g/mol. The molecule has 8 heteroatoms. The maximum Gasteiger partial charge on any atom is 0.337 e. The van der Waals surface area contributed by atoms with Crippen LogP contribution in [-0.2, 0) is 4.79 Å². The normalized spacial score (nSPS) is 10.7. The van der Waals surface area contributed by atoms with Gasteiger partial charge in [-0.25, -0.2) is 9.78 Å². The predicted octanol–water partition coefficient (Wildman–Crippen LogP) is 2.80. The SMILES string of the molecule is Cc1nc2c(C)cccn2c1C(=O)NCCCC(=O)Nc1ccccc1C(=O)O. The minimum atomic E-state index is -1.10. The van der Waals surface area contributed by atoms with E-state index in [0.29, 0.717) is 24.4 Å². The molecule has 0 radical (unpaired) electrons. The van der Waals surface area contributed by atoms with E-state index in [9.17, 15) is 14.4 Å². The summed E-state index contributed by atoms with van der Waals surface area (Å²) in [6, 6.07) is 10.0. The molecule has 29 heavy (non-hydrogen) atoms. The third-order valence-electron chi connectivity index (χ3n) is 4.53. The van der Waals surface area contributed by atoms with E-state index in [1.165, 1.54) is 6.07 Å². The molecule has 2 aromatic heterocycles. The summed E-state index contributed by atoms with van der Waals surface area (Å²) in [6.07, 6.45) is 2.37. The highest BCUT2D eigenvalue weighted by Crippen LogP contribution is 2.16. The Kier molecular flexibility index (Phi) is 5.92. The number of amides is 2. The van der Waals surface area contributed by atoms with E-state index in [1.807, 2.05) is 19.1 Å². The molecule has 0 saturated heterocycles. The largest absolute Gasteiger partial charge is 0.478 e. The number of fused-ring (bicyclic) bond motifs is 1. The number of hydrogen-bond donors (Lipinski definition) is 3. The zero-order chi connectivity index (χ0) is 21.0. The van der Waals surface area contributed by atoms with E-state index in [0.717, 1.165) is 11.2 Å². The van der Waals surface area contributed by atoms with Crippen LogP contribution in [0, 0.1) is 13.8 Å². The van der Waals surface area contributed by atoms with Gasteiger partial charge in [0.25, 0.3) is 5.91 Å². The Morgan fingerprint density at radius 2 is 1.86 bits per heavy atom. The number of para-hydroxylation sites is 1. The number of nitrogens with one attached hydrogen (secondary N) is 2. The summed E-state index contributed by atoms with van der Waals surface area (Å²) < 4.78 is 1.76. The first-order valence-corrected chi connectivity index (χ1v) is 9.23. The summed E-state index contributed by atoms with van der Waals surface area (Å²) in [5, 5.41) is 14.6. The number of nitrogens with zero attached hydrogens (tertiary/aromatic N) is 2. The summed E-state index contributed by atoms with van der Waals surface area (Å²) in [4.78, 5) is 40.3. The summed E-state index contributed by atoms with van der Waals surface area (Å²) in [5.74, 6) is -1.67. The van der Waals surface area contributed by atoms with Crippen LogP contribution < -0.4 is 10.6 Å². The summed E-state index contributed by atoms with van der Waals surface area (Å²) in [7, 11) is 0. The van der Waals surface area contributed by atoms with Gasteiger partial charge in [-0.15, -0.1) is 0 Å². The van der Waals surface area contributed by atoms with Gasteiger partial charge in [-0.2, -0.15) is 0 Å². The molecule has 0 bridgehead atoms. The van der Waals surface area contributed by atoms with Gasteiger partial charge >= 0.3 is 5.97 Å². The van der Waals surface area contributed by atoms with Crippen molar-refractivity contribution in [3.8, 4) is 0 Å². The fourth-order valence-electron chi connectivity index (χ4n) is 3.12. The van der Waals surface area contributed by atoms with Crippen molar-refractivity contribution in [3.63, 3.8) is 0 Å². The predicted molar refractivity (Wildman–Crippen MR) is 108 cm³/mol. The molecule has 0 saturated carbocycles. The molecule has 3 rings (SSSR count). The summed E-state index contributed by atoms with van der Waals surface area (Å²) in [5.41, 5.74) is 3.13. The average molecular weight is 394 g/mol. The number of carbonyl (C=O) groups is 3. The number of aryl methyl sites for hydroxylation is 2. The van der Waals surface area contributed by atoms with Crippen LogP contribution in [0.1, 0.15) is 44.9 Å². The quantitative estimate of drug-likeness (QED) is 0.534. The minimum absolute atomic E-state index is 0.0348. The van der Waals surface area contributed by atoms with Crippen LogP contribution >= 0.6 is 0 Å². The third-order valence-corrected chi connectivity index (χ3v) is 4.53. The molecule has 0 fully saturated rings. The van der Waals surface area contributed by atoms with Crippen molar-refractivity contribution in [2.75, 3.05) is 11.9 Å². The molecule has 8 nitrogen and oxygen atoms in total. The molecule has 0 aliphatic heterocycles. The van der Waals surface area contributed by atoms with E-state index in [2.05, 4.69) is 15.6 Å². The van der Waals surface area contributed by atoms with Gasteiger partial charge in [0.1, 0.15) is 11.3 Å². The van der Waals surface area contributed by atoms with Crippen LogP contribution in [-0.4, -0.2) is 38.8 Å². The Labute approximate surface area is 167 Å². The maximum atomic E-state index is 12.6. The van der Waals surface area contributed by atoms with Crippen molar-refractivity contribution in [1.82, 2.24) is 14.7 Å². The second kappa shape index (κ2) is 8.55. The van der Waals surface area contributed by atoms with Crippen molar-refractivity contribution in [2.45, 2.75) is 26.7 Å². The molecule has 2 heterocycles. The molecule has 0 unspecified atom stereocenters. The van der Waals surface area contributed by atoms with Gasteiger partial charge in [0.05, 0.1) is 16.9 Å². The maximum absolute atomic E-state index is 12.6. The highest BCUT2D eigenvalue weighted by atomic mass is 16.4. The number of carboxylic acid groups (broad SMARTS) is 1. The number of hydrogen-bond acceptors (Lipinski definition) is 4. The van der Waals surface area contributed by atoms with E-state index < -0.39 is 5.97 Å². The first-order chi connectivity index (χ1) is 13.9. The second-order valence-electron chi connectivity index (χ2n) is 6.69. The lowest BCUT2D eigenvalue weighted by Gasteiger charge is -2.09. The van der Waals surface area contributed by atoms with Gasteiger partial charge in [0.15, 0.2) is 0 Å². The number of carboxylic acids is 1. The van der Waals surface area contributed by atoms with Crippen molar-refractivity contribution in [1.29, 1.82) is 0 Å². The number of benzene rings is 1. The Morgan fingerprint density at radius 1 is 1.10 bits per heavy atom. The fourth-order valence-corrected chi connectivity index (χ4v) is 3.12. The fraction of sp³-hybridized carbons (Fsp3) is 0.238. The molecule has 2 amide bonds. The van der Waals surface area contributed by atoms with Crippen LogP contribution in [0.2, 0.25) is 0 Å². The van der Waals surface area contributed by atoms with Gasteiger partial charge in [0, 0.05) is 19.2 Å². The Morgan fingerprint density at radius 3 is 2.62 bits per heavy atom. The lowest BCUT2D eigenvalue weighted by Crippen LogP contribution is -2.27. The molecule has 0 aliphatic carbocycles. The molecule has 0 spiro atoms. The van der Waals surface area contributed by atoms with Crippen LogP contribution in [0.15, 0.2) is 42.6 Å². The third kappa shape index (κ3) is 4.43. The molecule has 0 aliphatic rings. The Hall–Kier alpha value is -3.68. The molecule has 3 aromatic rings. The lowest BCUT2D eigenvalue weighted by molar-refractivity contribution is -0.116. The zero-order valence-corrected chi connectivity index (χ0v) is 16.2. The van der Waals surface area contributed by atoms with Crippen LogP contribution in [0.25, 0.3) is 5.65 Å². The number of anilines is 1. The van der Waals surface area contributed by atoms with E-state index in [4.69, 9.17) is 5.11 Å². The lowest BCUT2D eigenvalue weighted by atomic mass is 10.1. The minimum Gasteiger partial charge on any atom is -0.478 e. The number of carbonyl (C=O) groups excluding carboxylic acids is 2. The summed E-state index contributed by atoms with van der Waals surface area (Å²) in [6.45, 7) is 4.03. The van der Waals surface area contributed by atoms with E-state index >= 15 is 0 Å². The Bertz CT molecular complexity index is 1090. The van der Waals surface area contributed by atoms with Gasteiger partial charge < -0.3 is 15.7 Å². The zero-order valence-electron chi connectivity index (χ0n) is 16.2.